The van der Waals surface area contributed by atoms with Gasteiger partial charge in [-0.2, -0.15) is 0 Å². The van der Waals surface area contributed by atoms with E-state index >= 15 is 0 Å². The number of nitrogens with zero attached hydrogens (tertiary/aromatic N) is 2. The van der Waals surface area contributed by atoms with Crippen LogP contribution in [-0.4, -0.2) is 9.55 Å². The van der Waals surface area contributed by atoms with Gasteiger partial charge in [-0.05, 0) is 50.6 Å². The number of rotatable bonds is 2. The lowest BCUT2D eigenvalue weighted by Gasteiger charge is -2.16. The van der Waals surface area contributed by atoms with Gasteiger partial charge < -0.3 is 10.3 Å². The zero-order chi connectivity index (χ0) is 14.4. The largest absolute Gasteiger partial charge is 0.369 e. The summed E-state index contributed by atoms with van der Waals surface area (Å²) in [7, 11) is 0. The van der Waals surface area contributed by atoms with Gasteiger partial charge >= 0.3 is 0 Å². The highest BCUT2D eigenvalue weighted by Crippen LogP contribution is 2.33. The van der Waals surface area contributed by atoms with Crippen LogP contribution in [0.15, 0.2) is 28.7 Å². The number of imidazole rings is 1. The number of thiophene rings is 1. The van der Waals surface area contributed by atoms with Crippen molar-refractivity contribution >= 4 is 44.2 Å². The van der Waals surface area contributed by atoms with Crippen LogP contribution >= 0.6 is 27.3 Å². The molecule has 5 heteroatoms. The van der Waals surface area contributed by atoms with Crippen LogP contribution < -0.4 is 5.73 Å². The monoisotopic (exact) mass is 349 g/mol. The summed E-state index contributed by atoms with van der Waals surface area (Å²) in [6.07, 6.45) is 0. The second-order valence-electron chi connectivity index (χ2n) is 5.02. The van der Waals surface area contributed by atoms with Crippen LogP contribution in [0.3, 0.4) is 0 Å². The molecule has 1 unspecified atom stereocenters. The van der Waals surface area contributed by atoms with Gasteiger partial charge in [0.05, 0.1) is 17.1 Å². The van der Waals surface area contributed by atoms with Crippen molar-refractivity contribution in [3.05, 3.63) is 44.1 Å². The summed E-state index contributed by atoms with van der Waals surface area (Å²) in [6, 6.07) is 8.52. The van der Waals surface area contributed by atoms with Crippen LogP contribution in [0.2, 0.25) is 0 Å². The summed E-state index contributed by atoms with van der Waals surface area (Å²) in [5.74, 6) is 0.564. The Morgan fingerprint density at radius 2 is 2.05 bits per heavy atom. The smallest absolute Gasteiger partial charge is 0.201 e. The molecule has 0 spiro atoms. The standard InChI is InChI=1S/C15H16BrN3S/c1-8-6-12(10(3)20-8)9(2)19-14-5-4-11(16)7-13(14)18-15(19)17/h4-7,9H,1-3H3,(H2,17,18). The van der Waals surface area contributed by atoms with E-state index < -0.39 is 0 Å². The van der Waals surface area contributed by atoms with Gasteiger partial charge in [0.15, 0.2) is 0 Å². The normalized spacial score (nSPS) is 13.0. The van der Waals surface area contributed by atoms with Crippen molar-refractivity contribution in [2.75, 3.05) is 5.73 Å². The van der Waals surface area contributed by atoms with Gasteiger partial charge in [0.1, 0.15) is 0 Å². The van der Waals surface area contributed by atoms with Crippen LogP contribution in [0.5, 0.6) is 0 Å². The first-order valence-electron chi connectivity index (χ1n) is 6.47. The molecule has 2 N–H and O–H groups in total. The van der Waals surface area contributed by atoms with Crippen LogP contribution in [0.1, 0.15) is 28.3 Å². The minimum Gasteiger partial charge on any atom is -0.369 e. The Labute approximate surface area is 130 Å². The quantitative estimate of drug-likeness (QED) is 0.730. The van der Waals surface area contributed by atoms with E-state index in [1.54, 1.807) is 0 Å². The Hall–Kier alpha value is -1.33. The van der Waals surface area contributed by atoms with Crippen molar-refractivity contribution in [2.24, 2.45) is 0 Å². The maximum atomic E-state index is 6.14. The zero-order valence-electron chi connectivity index (χ0n) is 11.6. The first-order valence-corrected chi connectivity index (χ1v) is 8.08. The third-order valence-electron chi connectivity index (χ3n) is 3.60. The molecule has 3 nitrogen and oxygen atoms in total. The molecule has 2 heterocycles. The molecule has 2 aromatic heterocycles. The van der Waals surface area contributed by atoms with Crippen LogP contribution in [0.25, 0.3) is 11.0 Å². The molecule has 3 aromatic rings. The highest BCUT2D eigenvalue weighted by molar-refractivity contribution is 9.10. The van der Waals surface area contributed by atoms with Gasteiger partial charge in [-0.25, -0.2) is 4.98 Å². The molecule has 0 aliphatic rings. The number of hydrogen-bond acceptors (Lipinski definition) is 3. The fourth-order valence-electron chi connectivity index (χ4n) is 2.70. The lowest BCUT2D eigenvalue weighted by atomic mass is 10.1. The van der Waals surface area contributed by atoms with Gasteiger partial charge in [0, 0.05) is 14.2 Å². The summed E-state index contributed by atoms with van der Waals surface area (Å²) in [5.41, 5.74) is 9.45. The zero-order valence-corrected chi connectivity index (χ0v) is 14.0. The number of hydrogen-bond donors (Lipinski definition) is 1. The molecule has 0 radical (unpaired) electrons. The second-order valence-corrected chi connectivity index (χ2v) is 7.39. The highest BCUT2D eigenvalue weighted by Gasteiger charge is 2.18. The Bertz CT molecular complexity index is 788. The van der Waals surface area contributed by atoms with E-state index in [1.165, 1.54) is 15.3 Å². The number of nitrogen functional groups attached to an aromatic ring is 1. The topological polar surface area (TPSA) is 43.8 Å². The fourth-order valence-corrected chi connectivity index (χ4v) is 4.07. The first kappa shape index (κ1) is 13.6. The first-order chi connectivity index (χ1) is 9.47. The molecule has 0 aliphatic carbocycles. The number of benzene rings is 1. The summed E-state index contributed by atoms with van der Waals surface area (Å²) in [5, 5.41) is 0. The van der Waals surface area contributed by atoms with Crippen molar-refractivity contribution in [1.29, 1.82) is 0 Å². The van der Waals surface area contributed by atoms with E-state index in [4.69, 9.17) is 5.73 Å². The molecule has 3 rings (SSSR count). The average molecular weight is 350 g/mol. The van der Waals surface area contributed by atoms with Crippen molar-refractivity contribution in [3.8, 4) is 0 Å². The number of anilines is 1. The molecule has 0 bridgehead atoms. The molecule has 0 saturated heterocycles. The summed E-state index contributed by atoms with van der Waals surface area (Å²) < 4.78 is 3.13. The highest BCUT2D eigenvalue weighted by atomic mass is 79.9. The lowest BCUT2D eigenvalue weighted by Crippen LogP contribution is -2.10. The molecular formula is C15H16BrN3S. The van der Waals surface area contributed by atoms with Crippen LogP contribution in [-0.2, 0) is 0 Å². The molecule has 0 fully saturated rings. The molecular weight excluding hydrogens is 334 g/mol. The van der Waals surface area contributed by atoms with Crippen molar-refractivity contribution in [3.63, 3.8) is 0 Å². The van der Waals surface area contributed by atoms with Crippen molar-refractivity contribution in [1.82, 2.24) is 9.55 Å². The minimum atomic E-state index is 0.186. The van der Waals surface area contributed by atoms with E-state index in [2.05, 4.69) is 58.4 Å². The summed E-state index contributed by atoms with van der Waals surface area (Å²) >= 11 is 5.30. The number of fused-ring (bicyclic) bond motifs is 1. The number of nitrogens with two attached hydrogens (primary N) is 1. The summed E-state index contributed by atoms with van der Waals surface area (Å²) in [4.78, 5) is 7.14. The lowest BCUT2D eigenvalue weighted by molar-refractivity contribution is 0.666. The second kappa shape index (κ2) is 4.90. The third kappa shape index (κ3) is 2.15. The van der Waals surface area contributed by atoms with Crippen molar-refractivity contribution in [2.45, 2.75) is 26.8 Å². The maximum Gasteiger partial charge on any atom is 0.201 e. The fraction of sp³-hybridized carbons (Fsp3) is 0.267. The average Bonchev–Trinajstić information content (AvgIpc) is 2.87. The van der Waals surface area contributed by atoms with Gasteiger partial charge in [-0.3, -0.25) is 0 Å². The minimum absolute atomic E-state index is 0.186. The Morgan fingerprint density at radius 1 is 1.30 bits per heavy atom. The van der Waals surface area contributed by atoms with E-state index in [-0.39, 0.29) is 6.04 Å². The predicted molar refractivity (Wildman–Crippen MR) is 89.5 cm³/mol. The Balaban J connectivity index is 2.18. The number of aryl methyl sites for hydroxylation is 2. The Morgan fingerprint density at radius 3 is 2.70 bits per heavy atom. The molecule has 1 atom stereocenters. The van der Waals surface area contributed by atoms with Gasteiger partial charge in [-0.15, -0.1) is 11.3 Å². The molecule has 0 saturated carbocycles. The molecule has 1 aromatic carbocycles. The van der Waals surface area contributed by atoms with Crippen LogP contribution in [0.4, 0.5) is 5.95 Å². The van der Waals surface area contributed by atoms with Gasteiger partial charge in [0.25, 0.3) is 0 Å². The van der Waals surface area contributed by atoms with E-state index in [9.17, 15) is 0 Å². The number of halogens is 1. The molecule has 20 heavy (non-hydrogen) atoms. The van der Waals surface area contributed by atoms with Gasteiger partial charge in [-0.1, -0.05) is 15.9 Å². The Kier molecular flexibility index (Phi) is 3.34. The van der Waals surface area contributed by atoms with E-state index in [0.717, 1.165) is 15.5 Å². The SMILES string of the molecule is Cc1cc(C(C)n2c(N)nc3cc(Br)ccc32)c(C)s1. The molecule has 0 amide bonds. The van der Waals surface area contributed by atoms with Gasteiger partial charge in [0.2, 0.25) is 5.95 Å². The molecule has 0 aliphatic heterocycles. The molecule has 104 valence electrons. The maximum absolute atomic E-state index is 6.14. The summed E-state index contributed by atoms with van der Waals surface area (Å²) in [6.45, 7) is 6.48. The predicted octanol–water partition coefficient (Wildman–Crippen LogP) is 4.67. The third-order valence-corrected chi connectivity index (χ3v) is 5.07. The van der Waals surface area contributed by atoms with E-state index in [0.29, 0.717) is 5.95 Å². The van der Waals surface area contributed by atoms with Crippen LogP contribution in [0, 0.1) is 13.8 Å². The van der Waals surface area contributed by atoms with Crippen molar-refractivity contribution < 1.29 is 0 Å². The number of aromatic nitrogens is 2. The van der Waals surface area contributed by atoms with E-state index in [1.807, 2.05) is 23.5 Å².